The van der Waals surface area contributed by atoms with Crippen LogP contribution in [0.1, 0.15) is 39.7 Å². The van der Waals surface area contributed by atoms with Crippen molar-refractivity contribution in [1.29, 1.82) is 5.26 Å². The van der Waals surface area contributed by atoms with Crippen LogP contribution in [0.3, 0.4) is 0 Å². The van der Waals surface area contributed by atoms with Crippen molar-refractivity contribution >= 4 is 11.9 Å². The SMILES string of the molecule is C[C@H](CCNc1cc(C#N)cnn1)NC(=O)OC(C)(C)C. The zero-order valence-corrected chi connectivity index (χ0v) is 12.8. The van der Waals surface area contributed by atoms with E-state index in [1.165, 1.54) is 6.20 Å². The number of aromatic nitrogens is 2. The Balaban J connectivity index is 2.32. The molecule has 114 valence electrons. The summed E-state index contributed by atoms with van der Waals surface area (Å²) in [6.07, 6.45) is 1.66. The zero-order valence-electron chi connectivity index (χ0n) is 12.8. The van der Waals surface area contributed by atoms with Gasteiger partial charge in [-0.3, -0.25) is 0 Å². The predicted molar refractivity (Wildman–Crippen MR) is 78.7 cm³/mol. The van der Waals surface area contributed by atoms with Crippen molar-refractivity contribution in [2.45, 2.75) is 45.8 Å². The lowest BCUT2D eigenvalue weighted by molar-refractivity contribution is 0.0507. The molecule has 0 unspecified atom stereocenters. The third kappa shape index (κ3) is 7.11. The maximum absolute atomic E-state index is 11.6. The van der Waals surface area contributed by atoms with Crippen molar-refractivity contribution < 1.29 is 9.53 Å². The van der Waals surface area contributed by atoms with Gasteiger partial charge in [0, 0.05) is 18.7 Å². The first kappa shape index (κ1) is 16.7. The second-order valence-corrected chi connectivity index (χ2v) is 5.70. The van der Waals surface area contributed by atoms with Gasteiger partial charge in [0.2, 0.25) is 0 Å². The Kier molecular flexibility index (Phi) is 5.91. The van der Waals surface area contributed by atoms with Crippen LogP contribution in [0.25, 0.3) is 0 Å². The van der Waals surface area contributed by atoms with E-state index >= 15 is 0 Å². The fourth-order valence-corrected chi connectivity index (χ4v) is 1.51. The van der Waals surface area contributed by atoms with Gasteiger partial charge >= 0.3 is 6.09 Å². The van der Waals surface area contributed by atoms with Gasteiger partial charge in [-0.2, -0.15) is 10.4 Å². The van der Waals surface area contributed by atoms with Crippen molar-refractivity contribution in [3.63, 3.8) is 0 Å². The fourth-order valence-electron chi connectivity index (χ4n) is 1.51. The third-order valence-electron chi connectivity index (χ3n) is 2.43. The normalized spacial score (nSPS) is 12.1. The van der Waals surface area contributed by atoms with E-state index in [1.807, 2.05) is 33.8 Å². The molecule has 1 heterocycles. The molecule has 0 saturated heterocycles. The lowest BCUT2D eigenvalue weighted by Crippen LogP contribution is -2.38. The minimum atomic E-state index is -0.505. The summed E-state index contributed by atoms with van der Waals surface area (Å²) in [5.74, 6) is 0.540. The predicted octanol–water partition coefficient (Wildman–Crippen LogP) is 2.06. The number of rotatable bonds is 5. The summed E-state index contributed by atoms with van der Waals surface area (Å²) in [6.45, 7) is 7.95. The van der Waals surface area contributed by atoms with Crippen LogP contribution in [0.4, 0.5) is 10.6 Å². The Morgan fingerprint density at radius 2 is 2.24 bits per heavy atom. The second-order valence-electron chi connectivity index (χ2n) is 5.70. The molecule has 0 saturated carbocycles. The Morgan fingerprint density at radius 3 is 2.86 bits per heavy atom. The van der Waals surface area contributed by atoms with Gasteiger partial charge in [0.05, 0.1) is 11.8 Å². The van der Waals surface area contributed by atoms with E-state index in [2.05, 4.69) is 20.8 Å². The van der Waals surface area contributed by atoms with E-state index in [0.29, 0.717) is 24.3 Å². The van der Waals surface area contributed by atoms with Crippen LogP contribution in [0.5, 0.6) is 0 Å². The highest BCUT2D eigenvalue weighted by molar-refractivity contribution is 5.68. The third-order valence-corrected chi connectivity index (χ3v) is 2.43. The number of ether oxygens (including phenoxy) is 1. The number of alkyl carbamates (subject to hydrolysis) is 1. The molecule has 0 radical (unpaired) electrons. The highest BCUT2D eigenvalue weighted by atomic mass is 16.6. The quantitative estimate of drug-likeness (QED) is 0.861. The minimum absolute atomic E-state index is 0.0422. The number of hydrogen-bond donors (Lipinski definition) is 2. The molecule has 1 amide bonds. The molecule has 21 heavy (non-hydrogen) atoms. The van der Waals surface area contributed by atoms with E-state index in [4.69, 9.17) is 10.00 Å². The van der Waals surface area contributed by atoms with Crippen molar-refractivity contribution in [1.82, 2.24) is 15.5 Å². The molecule has 0 aromatic carbocycles. The molecule has 0 aliphatic heterocycles. The first-order valence-corrected chi connectivity index (χ1v) is 6.76. The van der Waals surface area contributed by atoms with Crippen LogP contribution in [-0.2, 0) is 4.74 Å². The Bertz CT molecular complexity index is 519. The summed E-state index contributed by atoms with van der Waals surface area (Å²) in [6, 6.07) is 3.58. The average Bonchev–Trinajstić information content (AvgIpc) is 2.36. The molecule has 1 rings (SSSR count). The van der Waals surface area contributed by atoms with Crippen LogP contribution in [0.2, 0.25) is 0 Å². The first-order chi connectivity index (χ1) is 9.80. The maximum atomic E-state index is 11.6. The van der Waals surface area contributed by atoms with Gasteiger partial charge < -0.3 is 15.4 Å². The summed E-state index contributed by atoms with van der Waals surface area (Å²) < 4.78 is 5.17. The number of amides is 1. The van der Waals surface area contributed by atoms with Crippen LogP contribution < -0.4 is 10.6 Å². The van der Waals surface area contributed by atoms with Gasteiger partial charge in [0.1, 0.15) is 17.5 Å². The molecular weight excluding hydrogens is 270 g/mol. The molecule has 2 N–H and O–H groups in total. The molecule has 0 aliphatic rings. The summed E-state index contributed by atoms with van der Waals surface area (Å²) in [5, 5.41) is 22.2. The smallest absolute Gasteiger partial charge is 0.407 e. The molecule has 7 nitrogen and oxygen atoms in total. The number of nitrogens with zero attached hydrogens (tertiary/aromatic N) is 3. The summed E-state index contributed by atoms with van der Waals surface area (Å²) >= 11 is 0. The van der Waals surface area contributed by atoms with Gasteiger partial charge in [-0.05, 0) is 34.1 Å². The summed E-state index contributed by atoms with van der Waals surface area (Å²) in [7, 11) is 0. The zero-order chi connectivity index (χ0) is 15.9. The van der Waals surface area contributed by atoms with E-state index in [1.54, 1.807) is 6.07 Å². The summed E-state index contributed by atoms with van der Waals surface area (Å²) in [4.78, 5) is 11.6. The maximum Gasteiger partial charge on any atom is 0.407 e. The molecule has 0 spiro atoms. The van der Waals surface area contributed by atoms with Crippen LogP contribution >= 0.6 is 0 Å². The number of nitriles is 1. The van der Waals surface area contributed by atoms with E-state index < -0.39 is 11.7 Å². The average molecular weight is 291 g/mol. The Hall–Kier alpha value is -2.36. The number of carbonyl (C=O) groups excluding carboxylic acids is 1. The number of carbonyl (C=O) groups is 1. The standard InChI is InChI=1S/C14H21N5O2/c1-10(18-13(20)21-14(2,3)4)5-6-16-12-7-11(8-15)9-17-19-12/h7,9-10H,5-6H2,1-4H3,(H,16,19)(H,18,20)/t10-/m1/s1. The first-order valence-electron chi connectivity index (χ1n) is 6.76. The van der Waals surface area contributed by atoms with Crippen molar-refractivity contribution in [3.05, 3.63) is 17.8 Å². The van der Waals surface area contributed by atoms with E-state index in [9.17, 15) is 4.79 Å². The van der Waals surface area contributed by atoms with Crippen molar-refractivity contribution in [2.75, 3.05) is 11.9 Å². The molecule has 1 aromatic rings. The lowest BCUT2D eigenvalue weighted by atomic mass is 10.2. The molecule has 1 atom stereocenters. The Labute approximate surface area is 124 Å². The van der Waals surface area contributed by atoms with Crippen LogP contribution in [0.15, 0.2) is 12.3 Å². The van der Waals surface area contributed by atoms with Gasteiger partial charge in [-0.15, -0.1) is 5.10 Å². The highest BCUT2D eigenvalue weighted by Crippen LogP contribution is 2.07. The number of hydrogen-bond acceptors (Lipinski definition) is 6. The highest BCUT2D eigenvalue weighted by Gasteiger charge is 2.17. The Morgan fingerprint density at radius 1 is 1.52 bits per heavy atom. The summed E-state index contributed by atoms with van der Waals surface area (Å²) in [5.41, 5.74) is -0.0533. The van der Waals surface area contributed by atoms with Crippen LogP contribution in [-0.4, -0.2) is 34.5 Å². The topological polar surface area (TPSA) is 99.9 Å². The number of anilines is 1. The van der Waals surface area contributed by atoms with E-state index in [0.717, 1.165) is 0 Å². The van der Waals surface area contributed by atoms with Gasteiger partial charge in [0.25, 0.3) is 0 Å². The molecular formula is C14H21N5O2. The van der Waals surface area contributed by atoms with Crippen LogP contribution in [0, 0.1) is 11.3 Å². The second kappa shape index (κ2) is 7.43. The molecule has 0 bridgehead atoms. The van der Waals surface area contributed by atoms with Gasteiger partial charge in [-0.1, -0.05) is 0 Å². The van der Waals surface area contributed by atoms with Gasteiger partial charge in [-0.25, -0.2) is 4.79 Å². The fraction of sp³-hybridized carbons (Fsp3) is 0.571. The van der Waals surface area contributed by atoms with Crippen molar-refractivity contribution in [3.8, 4) is 6.07 Å². The number of nitrogens with one attached hydrogen (secondary N) is 2. The monoisotopic (exact) mass is 291 g/mol. The van der Waals surface area contributed by atoms with E-state index in [-0.39, 0.29) is 6.04 Å². The molecule has 0 aliphatic carbocycles. The molecule has 7 heteroatoms. The largest absolute Gasteiger partial charge is 0.444 e. The van der Waals surface area contributed by atoms with Crippen molar-refractivity contribution in [2.24, 2.45) is 0 Å². The molecule has 0 fully saturated rings. The lowest BCUT2D eigenvalue weighted by Gasteiger charge is -2.22. The minimum Gasteiger partial charge on any atom is -0.444 e. The van der Waals surface area contributed by atoms with Gasteiger partial charge in [0.15, 0.2) is 0 Å². The molecule has 1 aromatic heterocycles.